The Hall–Kier alpha value is -2.81. The van der Waals surface area contributed by atoms with Crippen LogP contribution in [0.25, 0.3) is 11.5 Å². The molecule has 0 aliphatic heterocycles. The molecule has 25 heavy (non-hydrogen) atoms. The predicted octanol–water partition coefficient (Wildman–Crippen LogP) is 2.38. The lowest BCUT2D eigenvalue weighted by Crippen LogP contribution is -2.23. The standard InChI is InChI=1S/C16H13BrN6O2/c17-9-6-11(15(24)18-7-9)16(25)21-13-3-1-2-12(20-13)14-22-19-8-23(14)10-4-5-10/h1-3,6-8,10H,4-5H2,(H,18,24)(H,20,21,25). The van der Waals surface area contributed by atoms with E-state index in [4.69, 9.17) is 0 Å². The van der Waals surface area contributed by atoms with Gasteiger partial charge in [-0.3, -0.25) is 9.59 Å². The topological polar surface area (TPSA) is 106 Å². The number of rotatable bonds is 4. The quantitative estimate of drug-likeness (QED) is 0.699. The molecule has 0 atom stereocenters. The molecule has 1 aliphatic rings. The summed E-state index contributed by atoms with van der Waals surface area (Å²) in [5, 5.41) is 10.7. The van der Waals surface area contributed by atoms with Crippen LogP contribution in [0.15, 0.2) is 46.1 Å². The van der Waals surface area contributed by atoms with Gasteiger partial charge in [0.2, 0.25) is 0 Å². The van der Waals surface area contributed by atoms with Crippen LogP contribution in [0.2, 0.25) is 0 Å². The van der Waals surface area contributed by atoms with Gasteiger partial charge in [0, 0.05) is 16.7 Å². The van der Waals surface area contributed by atoms with E-state index in [1.54, 1.807) is 18.5 Å². The summed E-state index contributed by atoms with van der Waals surface area (Å²) in [4.78, 5) is 31.1. The highest BCUT2D eigenvalue weighted by atomic mass is 79.9. The minimum Gasteiger partial charge on any atom is -0.327 e. The summed E-state index contributed by atoms with van der Waals surface area (Å²) in [7, 11) is 0. The molecule has 126 valence electrons. The molecule has 0 spiro atoms. The lowest BCUT2D eigenvalue weighted by molar-refractivity contribution is 0.102. The van der Waals surface area contributed by atoms with Crippen molar-refractivity contribution in [2.24, 2.45) is 0 Å². The van der Waals surface area contributed by atoms with Crippen LogP contribution in [0, 0.1) is 0 Å². The van der Waals surface area contributed by atoms with E-state index < -0.39 is 11.5 Å². The number of H-pyrrole nitrogens is 1. The summed E-state index contributed by atoms with van der Waals surface area (Å²) in [5.41, 5.74) is 0.151. The molecule has 0 bridgehead atoms. The van der Waals surface area contributed by atoms with Crippen molar-refractivity contribution >= 4 is 27.7 Å². The van der Waals surface area contributed by atoms with Crippen LogP contribution >= 0.6 is 15.9 Å². The van der Waals surface area contributed by atoms with E-state index in [1.807, 2.05) is 10.6 Å². The number of aromatic amines is 1. The van der Waals surface area contributed by atoms with Crippen LogP contribution in [0.4, 0.5) is 5.82 Å². The molecule has 0 radical (unpaired) electrons. The van der Waals surface area contributed by atoms with Gasteiger partial charge in [-0.15, -0.1) is 10.2 Å². The molecule has 3 heterocycles. The van der Waals surface area contributed by atoms with Gasteiger partial charge < -0.3 is 14.9 Å². The normalized spacial score (nSPS) is 13.6. The lowest BCUT2D eigenvalue weighted by Gasteiger charge is -2.07. The Balaban J connectivity index is 1.61. The van der Waals surface area contributed by atoms with E-state index in [0.717, 1.165) is 12.8 Å². The summed E-state index contributed by atoms with van der Waals surface area (Å²) in [6.45, 7) is 0. The van der Waals surface area contributed by atoms with Crippen LogP contribution in [-0.4, -0.2) is 30.6 Å². The molecule has 1 aliphatic carbocycles. The monoisotopic (exact) mass is 400 g/mol. The zero-order chi connectivity index (χ0) is 17.4. The summed E-state index contributed by atoms with van der Waals surface area (Å²) in [5.74, 6) is 0.474. The molecule has 3 aromatic rings. The first kappa shape index (κ1) is 15.7. The number of amides is 1. The molecule has 0 saturated heterocycles. The van der Waals surface area contributed by atoms with Crippen LogP contribution in [0.5, 0.6) is 0 Å². The largest absolute Gasteiger partial charge is 0.327 e. The maximum Gasteiger partial charge on any atom is 0.262 e. The summed E-state index contributed by atoms with van der Waals surface area (Å²) >= 11 is 3.23. The number of nitrogens with one attached hydrogen (secondary N) is 2. The van der Waals surface area contributed by atoms with Crippen molar-refractivity contribution in [1.82, 2.24) is 24.7 Å². The molecule has 8 nitrogen and oxygen atoms in total. The lowest BCUT2D eigenvalue weighted by atomic mass is 10.2. The van der Waals surface area contributed by atoms with E-state index in [2.05, 4.69) is 41.4 Å². The van der Waals surface area contributed by atoms with Gasteiger partial charge in [-0.25, -0.2) is 4.98 Å². The third-order valence-corrected chi connectivity index (χ3v) is 4.30. The maximum atomic E-state index is 12.3. The summed E-state index contributed by atoms with van der Waals surface area (Å²) < 4.78 is 2.60. The fourth-order valence-corrected chi connectivity index (χ4v) is 2.83. The predicted molar refractivity (Wildman–Crippen MR) is 94.2 cm³/mol. The summed E-state index contributed by atoms with van der Waals surface area (Å²) in [6, 6.07) is 7.12. The zero-order valence-corrected chi connectivity index (χ0v) is 14.5. The zero-order valence-electron chi connectivity index (χ0n) is 12.9. The average molecular weight is 401 g/mol. The number of halogens is 1. The molecule has 1 saturated carbocycles. The molecular formula is C16H13BrN6O2. The third kappa shape index (κ3) is 3.22. The van der Waals surface area contributed by atoms with Crippen molar-refractivity contribution in [3.05, 3.63) is 57.2 Å². The molecule has 4 rings (SSSR count). The van der Waals surface area contributed by atoms with Gasteiger partial charge in [0.05, 0.1) is 0 Å². The highest BCUT2D eigenvalue weighted by Gasteiger charge is 2.27. The van der Waals surface area contributed by atoms with Crippen LogP contribution in [0.1, 0.15) is 29.2 Å². The van der Waals surface area contributed by atoms with Crippen molar-refractivity contribution < 1.29 is 4.79 Å². The second-order valence-electron chi connectivity index (χ2n) is 5.72. The number of anilines is 1. The van der Waals surface area contributed by atoms with Crippen molar-refractivity contribution in [3.8, 4) is 11.5 Å². The number of carbonyl (C=O) groups is 1. The molecule has 9 heteroatoms. The van der Waals surface area contributed by atoms with Gasteiger partial charge in [0.1, 0.15) is 23.4 Å². The minimum atomic E-state index is -0.532. The van der Waals surface area contributed by atoms with E-state index in [-0.39, 0.29) is 5.56 Å². The van der Waals surface area contributed by atoms with E-state index in [0.29, 0.717) is 27.9 Å². The molecule has 0 unspecified atom stereocenters. The Morgan fingerprint density at radius 3 is 3.00 bits per heavy atom. The first-order chi connectivity index (χ1) is 12.1. The number of hydrogen-bond donors (Lipinski definition) is 2. The van der Waals surface area contributed by atoms with Crippen molar-refractivity contribution in [1.29, 1.82) is 0 Å². The van der Waals surface area contributed by atoms with Gasteiger partial charge in [0.25, 0.3) is 11.5 Å². The Bertz CT molecular complexity index is 1010. The smallest absolute Gasteiger partial charge is 0.262 e. The molecule has 0 aromatic carbocycles. The first-order valence-electron chi connectivity index (χ1n) is 7.68. The van der Waals surface area contributed by atoms with Crippen molar-refractivity contribution in [3.63, 3.8) is 0 Å². The van der Waals surface area contributed by atoms with Gasteiger partial charge in [-0.05, 0) is 47.0 Å². The number of nitrogens with zero attached hydrogens (tertiary/aromatic N) is 4. The first-order valence-corrected chi connectivity index (χ1v) is 8.47. The Kier molecular flexibility index (Phi) is 3.92. The SMILES string of the molecule is O=C(Nc1cccc(-c2nncn2C2CC2)n1)c1cc(Br)c[nH]c1=O. The van der Waals surface area contributed by atoms with Crippen LogP contribution < -0.4 is 10.9 Å². The summed E-state index contributed by atoms with van der Waals surface area (Å²) in [6.07, 6.45) is 5.38. The molecule has 1 fully saturated rings. The van der Waals surface area contributed by atoms with Crippen molar-refractivity contribution in [2.45, 2.75) is 18.9 Å². The Morgan fingerprint density at radius 1 is 1.36 bits per heavy atom. The van der Waals surface area contributed by atoms with Gasteiger partial charge in [-0.2, -0.15) is 0 Å². The molecule has 3 aromatic heterocycles. The highest BCUT2D eigenvalue weighted by Crippen LogP contribution is 2.37. The maximum absolute atomic E-state index is 12.3. The molecule has 2 N–H and O–H groups in total. The number of hydrogen-bond acceptors (Lipinski definition) is 5. The van der Waals surface area contributed by atoms with Gasteiger partial charge in [0.15, 0.2) is 5.82 Å². The van der Waals surface area contributed by atoms with Crippen LogP contribution in [0.3, 0.4) is 0 Å². The van der Waals surface area contributed by atoms with Crippen LogP contribution in [-0.2, 0) is 0 Å². The number of carbonyl (C=O) groups excluding carboxylic acids is 1. The van der Waals surface area contributed by atoms with Crippen molar-refractivity contribution in [2.75, 3.05) is 5.32 Å². The minimum absolute atomic E-state index is 0.00252. The Morgan fingerprint density at radius 2 is 2.20 bits per heavy atom. The average Bonchev–Trinajstić information content (AvgIpc) is 3.34. The fourth-order valence-electron chi connectivity index (χ4n) is 2.48. The fraction of sp³-hybridized carbons (Fsp3) is 0.188. The number of pyridine rings is 2. The van der Waals surface area contributed by atoms with Gasteiger partial charge >= 0.3 is 0 Å². The second kappa shape index (κ2) is 6.25. The Labute approximate surface area is 150 Å². The van der Waals surface area contributed by atoms with Gasteiger partial charge in [-0.1, -0.05) is 6.07 Å². The van der Waals surface area contributed by atoms with E-state index in [1.165, 1.54) is 12.3 Å². The third-order valence-electron chi connectivity index (χ3n) is 3.85. The van der Waals surface area contributed by atoms with E-state index >= 15 is 0 Å². The molecule has 1 amide bonds. The highest BCUT2D eigenvalue weighted by molar-refractivity contribution is 9.10. The number of aromatic nitrogens is 5. The molecular weight excluding hydrogens is 388 g/mol. The van der Waals surface area contributed by atoms with E-state index in [9.17, 15) is 9.59 Å². The second-order valence-corrected chi connectivity index (χ2v) is 6.63.